The molecule has 2 aromatic carbocycles. The van der Waals surface area contributed by atoms with Crippen LogP contribution in [0.5, 0.6) is 0 Å². The summed E-state index contributed by atoms with van der Waals surface area (Å²) in [4.78, 5) is 25.1. The summed E-state index contributed by atoms with van der Waals surface area (Å²) < 4.78 is 14.6. The monoisotopic (exact) mass is 399 g/mol. The molecule has 0 spiro atoms. The molecule has 0 atom stereocenters. The molecule has 7 heteroatoms. The van der Waals surface area contributed by atoms with Crippen LogP contribution in [-0.4, -0.2) is 24.7 Å². The fourth-order valence-electron chi connectivity index (χ4n) is 3.58. The Balaban J connectivity index is 1.58. The number of aromatic nitrogens is 5. The molecule has 0 radical (unpaired) electrons. The Morgan fingerprint density at radius 3 is 2.47 bits per heavy atom. The molecule has 3 aromatic heterocycles. The van der Waals surface area contributed by atoms with E-state index in [9.17, 15) is 9.18 Å². The van der Waals surface area contributed by atoms with Crippen LogP contribution in [-0.2, 0) is 12.8 Å². The van der Waals surface area contributed by atoms with E-state index < -0.39 is 0 Å². The van der Waals surface area contributed by atoms with Crippen molar-refractivity contribution in [2.24, 2.45) is 0 Å². The number of fused-ring (bicyclic) bond motifs is 1. The van der Waals surface area contributed by atoms with Gasteiger partial charge < -0.3 is 4.98 Å². The van der Waals surface area contributed by atoms with Gasteiger partial charge in [0, 0.05) is 23.5 Å². The van der Waals surface area contributed by atoms with Crippen LogP contribution in [0.1, 0.15) is 11.1 Å². The van der Waals surface area contributed by atoms with E-state index in [1.54, 1.807) is 24.5 Å². The second-order valence-electron chi connectivity index (χ2n) is 7.05. The standard InChI is InChI=1S/C23H18FN5O/c24-17-8-5-15(6-9-17)7-10-18-21(16-11-13-25-14-12-16)28-29(22(18)30)23-26-19-3-1-2-4-20(19)27-23/h1-6,8-9,11-14,28H,7,10H2,(H,26,27). The summed E-state index contributed by atoms with van der Waals surface area (Å²) in [5.41, 5.74) is 4.68. The molecule has 148 valence electrons. The number of imidazole rings is 1. The molecule has 6 nitrogen and oxygen atoms in total. The first-order valence-corrected chi connectivity index (χ1v) is 9.63. The molecule has 0 saturated carbocycles. The highest BCUT2D eigenvalue weighted by molar-refractivity contribution is 5.76. The first-order valence-electron chi connectivity index (χ1n) is 9.63. The van der Waals surface area contributed by atoms with Crippen LogP contribution in [0.25, 0.3) is 28.2 Å². The second kappa shape index (κ2) is 7.44. The van der Waals surface area contributed by atoms with Gasteiger partial charge >= 0.3 is 0 Å². The molecule has 2 N–H and O–H groups in total. The predicted molar refractivity (Wildman–Crippen MR) is 113 cm³/mol. The SMILES string of the molecule is O=c1c(CCc2ccc(F)cc2)c(-c2ccncc2)[nH]n1-c1nc2ccccc2[nH]1. The third kappa shape index (κ3) is 3.30. The van der Waals surface area contributed by atoms with E-state index >= 15 is 0 Å². The van der Waals surface area contributed by atoms with Gasteiger partial charge in [0.1, 0.15) is 5.82 Å². The minimum absolute atomic E-state index is 0.164. The molecule has 0 aliphatic heterocycles. The zero-order chi connectivity index (χ0) is 20.5. The molecule has 0 saturated heterocycles. The van der Waals surface area contributed by atoms with Crippen molar-refractivity contribution in [3.05, 3.63) is 100 Å². The van der Waals surface area contributed by atoms with Gasteiger partial charge in [0.2, 0.25) is 5.95 Å². The van der Waals surface area contributed by atoms with Crippen LogP contribution in [0.15, 0.2) is 77.9 Å². The van der Waals surface area contributed by atoms with Gasteiger partial charge in [-0.3, -0.25) is 14.9 Å². The molecule has 3 heterocycles. The van der Waals surface area contributed by atoms with Gasteiger partial charge in [-0.2, -0.15) is 4.68 Å². The highest BCUT2D eigenvalue weighted by atomic mass is 19.1. The number of rotatable bonds is 5. The zero-order valence-electron chi connectivity index (χ0n) is 16.0. The number of para-hydroxylation sites is 2. The number of pyridine rings is 1. The minimum Gasteiger partial charge on any atom is -0.322 e. The van der Waals surface area contributed by atoms with E-state index in [1.165, 1.54) is 16.8 Å². The molecule has 0 amide bonds. The number of hydrogen-bond donors (Lipinski definition) is 2. The van der Waals surface area contributed by atoms with Crippen molar-refractivity contribution in [3.63, 3.8) is 0 Å². The van der Waals surface area contributed by atoms with E-state index in [2.05, 4.69) is 20.1 Å². The summed E-state index contributed by atoms with van der Waals surface area (Å²) >= 11 is 0. The molecule has 0 unspecified atom stereocenters. The third-order valence-electron chi connectivity index (χ3n) is 5.12. The molecule has 0 bridgehead atoms. The number of hydrogen-bond acceptors (Lipinski definition) is 3. The fourth-order valence-corrected chi connectivity index (χ4v) is 3.58. The van der Waals surface area contributed by atoms with Crippen molar-refractivity contribution in [2.45, 2.75) is 12.8 Å². The zero-order valence-corrected chi connectivity index (χ0v) is 16.0. The summed E-state index contributed by atoms with van der Waals surface area (Å²) in [5.74, 6) is 0.162. The van der Waals surface area contributed by atoms with Crippen molar-refractivity contribution < 1.29 is 4.39 Å². The van der Waals surface area contributed by atoms with E-state index in [0.29, 0.717) is 24.4 Å². The van der Waals surface area contributed by atoms with Gasteiger partial charge in [-0.05, 0) is 54.8 Å². The van der Waals surface area contributed by atoms with Gasteiger partial charge in [0.05, 0.1) is 16.7 Å². The van der Waals surface area contributed by atoms with E-state index in [1.807, 2.05) is 36.4 Å². The van der Waals surface area contributed by atoms with Crippen LogP contribution in [0.2, 0.25) is 0 Å². The Bertz CT molecular complexity index is 1330. The molecule has 0 aliphatic carbocycles. The Kier molecular flexibility index (Phi) is 4.48. The molecule has 0 aliphatic rings. The fraction of sp³-hybridized carbons (Fsp3) is 0.0870. The van der Waals surface area contributed by atoms with Crippen molar-refractivity contribution >= 4 is 11.0 Å². The summed E-state index contributed by atoms with van der Waals surface area (Å²) in [6, 6.07) is 17.7. The first-order chi connectivity index (χ1) is 14.7. The topological polar surface area (TPSA) is 79.4 Å². The minimum atomic E-state index is -0.273. The average molecular weight is 399 g/mol. The summed E-state index contributed by atoms with van der Waals surface area (Å²) in [7, 11) is 0. The first kappa shape index (κ1) is 18.1. The molecule has 5 rings (SSSR count). The van der Waals surface area contributed by atoms with Crippen LogP contribution in [0.3, 0.4) is 0 Å². The Morgan fingerprint density at radius 1 is 0.933 bits per heavy atom. The van der Waals surface area contributed by atoms with Crippen molar-refractivity contribution in [1.29, 1.82) is 0 Å². The maximum atomic E-state index is 13.3. The number of aromatic amines is 2. The van der Waals surface area contributed by atoms with Gasteiger partial charge in [-0.15, -0.1) is 0 Å². The summed E-state index contributed by atoms with van der Waals surface area (Å²) in [5, 5.41) is 3.21. The van der Waals surface area contributed by atoms with E-state index in [0.717, 1.165) is 27.9 Å². The maximum Gasteiger partial charge on any atom is 0.277 e. The summed E-state index contributed by atoms with van der Waals surface area (Å²) in [6.07, 6.45) is 4.50. The lowest BCUT2D eigenvalue weighted by atomic mass is 10.0. The third-order valence-corrected chi connectivity index (χ3v) is 5.12. The predicted octanol–water partition coefficient (Wildman–Crippen LogP) is 4.03. The van der Waals surface area contributed by atoms with Gasteiger partial charge in [-0.25, -0.2) is 9.37 Å². The lowest BCUT2D eigenvalue weighted by Crippen LogP contribution is -2.18. The van der Waals surface area contributed by atoms with Crippen LogP contribution < -0.4 is 5.56 Å². The van der Waals surface area contributed by atoms with Crippen LogP contribution in [0, 0.1) is 5.82 Å². The van der Waals surface area contributed by atoms with Crippen LogP contribution >= 0.6 is 0 Å². The Morgan fingerprint density at radius 2 is 1.70 bits per heavy atom. The average Bonchev–Trinajstić information content (AvgIpc) is 3.35. The van der Waals surface area contributed by atoms with E-state index in [4.69, 9.17) is 0 Å². The highest BCUT2D eigenvalue weighted by Crippen LogP contribution is 2.22. The molecule has 0 fully saturated rings. The number of H-pyrrole nitrogens is 2. The number of benzene rings is 2. The smallest absolute Gasteiger partial charge is 0.277 e. The van der Waals surface area contributed by atoms with Gasteiger partial charge in [0.15, 0.2) is 0 Å². The molecular weight excluding hydrogens is 381 g/mol. The van der Waals surface area contributed by atoms with Gasteiger partial charge in [-0.1, -0.05) is 24.3 Å². The molecule has 30 heavy (non-hydrogen) atoms. The molecular formula is C23H18FN5O. The quantitative estimate of drug-likeness (QED) is 0.468. The van der Waals surface area contributed by atoms with Crippen molar-refractivity contribution in [3.8, 4) is 17.2 Å². The normalized spacial score (nSPS) is 11.2. The number of aryl methyl sites for hydroxylation is 1. The number of halogens is 1. The van der Waals surface area contributed by atoms with E-state index in [-0.39, 0.29) is 11.4 Å². The maximum absolute atomic E-state index is 13.3. The van der Waals surface area contributed by atoms with Crippen molar-refractivity contribution in [1.82, 2.24) is 24.7 Å². The lowest BCUT2D eigenvalue weighted by molar-refractivity contribution is 0.627. The van der Waals surface area contributed by atoms with Crippen molar-refractivity contribution in [2.75, 3.05) is 0 Å². The highest BCUT2D eigenvalue weighted by Gasteiger charge is 2.18. The van der Waals surface area contributed by atoms with Gasteiger partial charge in [0.25, 0.3) is 5.56 Å². The Labute approximate surface area is 171 Å². The number of nitrogens with zero attached hydrogens (tertiary/aromatic N) is 3. The summed E-state index contributed by atoms with van der Waals surface area (Å²) in [6.45, 7) is 0. The van der Waals surface area contributed by atoms with Crippen LogP contribution in [0.4, 0.5) is 4.39 Å². The lowest BCUT2D eigenvalue weighted by Gasteiger charge is -2.03. The number of nitrogens with one attached hydrogen (secondary N) is 2. The Hall–Kier alpha value is -4.00. The largest absolute Gasteiger partial charge is 0.322 e. The molecule has 5 aromatic rings. The second-order valence-corrected chi connectivity index (χ2v) is 7.05.